The van der Waals surface area contributed by atoms with Crippen LogP contribution in [0.15, 0.2) is 24.3 Å². The van der Waals surface area contributed by atoms with Crippen molar-refractivity contribution in [3.63, 3.8) is 0 Å². The summed E-state index contributed by atoms with van der Waals surface area (Å²) < 4.78 is 0. The van der Waals surface area contributed by atoms with Crippen LogP contribution in [-0.4, -0.2) is 23.9 Å². The van der Waals surface area contributed by atoms with E-state index in [1.54, 1.807) is 12.1 Å². The molecule has 0 aliphatic carbocycles. The second-order valence-electron chi connectivity index (χ2n) is 4.62. The average Bonchev–Trinajstić information content (AvgIpc) is 2.28. The third kappa shape index (κ3) is 3.37. The Hall–Kier alpha value is -1.22. The Balaban J connectivity index is 0.00000144. The highest BCUT2D eigenvalue weighted by Crippen LogP contribution is 2.18. The van der Waals surface area contributed by atoms with Gasteiger partial charge in [0.1, 0.15) is 0 Å². The molecule has 2 N–H and O–H groups in total. The fourth-order valence-electron chi connectivity index (χ4n) is 2.23. The summed E-state index contributed by atoms with van der Waals surface area (Å²) in [6.07, 6.45) is 2.33. The van der Waals surface area contributed by atoms with Gasteiger partial charge in [0.05, 0.1) is 0 Å². The minimum Gasteiger partial charge on any atom is -0.399 e. The molecule has 0 spiro atoms. The van der Waals surface area contributed by atoms with Crippen molar-refractivity contribution in [1.29, 1.82) is 0 Å². The van der Waals surface area contributed by atoms with E-state index in [0.717, 1.165) is 19.5 Å². The third-order valence-corrected chi connectivity index (χ3v) is 3.08. The molecular formula is C13H19ClN2O. The highest BCUT2D eigenvalue weighted by molar-refractivity contribution is 5.95. The van der Waals surface area contributed by atoms with E-state index in [4.69, 9.17) is 5.73 Å². The lowest BCUT2D eigenvalue weighted by Gasteiger charge is -2.31. The number of likely N-dealkylation sites (tertiary alicyclic amines) is 1. The van der Waals surface area contributed by atoms with Gasteiger partial charge in [-0.3, -0.25) is 4.79 Å². The van der Waals surface area contributed by atoms with Crippen molar-refractivity contribution in [1.82, 2.24) is 4.90 Å². The standard InChI is InChI=1S/C13H18N2O.ClH/c1-10-4-3-7-15(9-10)13(16)11-5-2-6-12(14)8-11;/h2,5-6,8,10H,3-4,7,9,14H2,1H3;1H. The summed E-state index contributed by atoms with van der Waals surface area (Å²) in [5.41, 5.74) is 7.03. The van der Waals surface area contributed by atoms with Crippen molar-refractivity contribution in [3.05, 3.63) is 29.8 Å². The number of benzene rings is 1. The molecule has 2 rings (SSSR count). The lowest BCUT2D eigenvalue weighted by Crippen LogP contribution is -2.39. The van der Waals surface area contributed by atoms with E-state index < -0.39 is 0 Å². The normalized spacial score (nSPS) is 19.6. The van der Waals surface area contributed by atoms with Crippen LogP contribution in [0.5, 0.6) is 0 Å². The largest absolute Gasteiger partial charge is 0.399 e. The first-order chi connectivity index (χ1) is 7.66. The highest BCUT2D eigenvalue weighted by Gasteiger charge is 2.21. The van der Waals surface area contributed by atoms with Gasteiger partial charge in [-0.1, -0.05) is 13.0 Å². The molecule has 1 aliphatic heterocycles. The van der Waals surface area contributed by atoms with E-state index >= 15 is 0 Å². The number of hydrogen-bond donors (Lipinski definition) is 1. The molecule has 1 unspecified atom stereocenters. The van der Waals surface area contributed by atoms with E-state index in [9.17, 15) is 4.79 Å². The van der Waals surface area contributed by atoms with E-state index in [1.807, 2.05) is 17.0 Å². The summed E-state index contributed by atoms with van der Waals surface area (Å²) in [6.45, 7) is 3.93. The molecule has 1 atom stereocenters. The summed E-state index contributed by atoms with van der Waals surface area (Å²) in [6, 6.07) is 7.21. The van der Waals surface area contributed by atoms with Gasteiger partial charge in [-0.25, -0.2) is 0 Å². The molecule has 1 saturated heterocycles. The molecule has 1 aromatic carbocycles. The van der Waals surface area contributed by atoms with E-state index in [0.29, 0.717) is 17.2 Å². The molecule has 0 radical (unpaired) electrons. The Morgan fingerprint density at radius 1 is 1.47 bits per heavy atom. The van der Waals surface area contributed by atoms with Gasteiger partial charge < -0.3 is 10.6 Å². The molecule has 0 aromatic heterocycles. The van der Waals surface area contributed by atoms with Crippen molar-refractivity contribution in [2.75, 3.05) is 18.8 Å². The monoisotopic (exact) mass is 254 g/mol. The number of carbonyl (C=O) groups is 1. The van der Waals surface area contributed by atoms with Crippen LogP contribution in [0.4, 0.5) is 5.69 Å². The molecule has 0 saturated carbocycles. The average molecular weight is 255 g/mol. The van der Waals surface area contributed by atoms with Gasteiger partial charge in [0.2, 0.25) is 0 Å². The molecule has 0 bridgehead atoms. The first kappa shape index (κ1) is 13.8. The zero-order valence-electron chi connectivity index (χ0n) is 10.1. The molecule has 17 heavy (non-hydrogen) atoms. The van der Waals surface area contributed by atoms with E-state index in [1.165, 1.54) is 6.42 Å². The molecule has 4 heteroatoms. The zero-order valence-corrected chi connectivity index (χ0v) is 10.9. The summed E-state index contributed by atoms with van der Waals surface area (Å²) in [4.78, 5) is 14.1. The predicted molar refractivity (Wildman–Crippen MR) is 72.4 cm³/mol. The Labute approximate surface area is 108 Å². The number of rotatable bonds is 1. The maximum atomic E-state index is 12.2. The van der Waals surface area contributed by atoms with Crippen LogP contribution < -0.4 is 5.73 Å². The first-order valence-corrected chi connectivity index (χ1v) is 5.81. The number of amides is 1. The fourth-order valence-corrected chi connectivity index (χ4v) is 2.23. The van der Waals surface area contributed by atoms with Crippen LogP contribution in [0.1, 0.15) is 30.1 Å². The number of piperidine rings is 1. The van der Waals surface area contributed by atoms with Crippen molar-refractivity contribution in [2.45, 2.75) is 19.8 Å². The second kappa shape index (κ2) is 5.92. The molecule has 1 aromatic rings. The summed E-state index contributed by atoms with van der Waals surface area (Å²) in [5.74, 6) is 0.720. The number of nitrogens with two attached hydrogens (primary N) is 1. The Morgan fingerprint density at radius 3 is 2.88 bits per heavy atom. The molecule has 1 aliphatic rings. The van der Waals surface area contributed by atoms with Gasteiger partial charge in [-0.2, -0.15) is 0 Å². The van der Waals surface area contributed by atoms with Gasteiger partial charge in [0, 0.05) is 24.3 Å². The van der Waals surface area contributed by atoms with Gasteiger partial charge in [-0.15, -0.1) is 12.4 Å². The van der Waals surface area contributed by atoms with Gasteiger partial charge >= 0.3 is 0 Å². The number of nitrogen functional groups attached to an aromatic ring is 1. The zero-order chi connectivity index (χ0) is 11.5. The predicted octanol–water partition coefficient (Wildman–Crippen LogP) is 2.56. The number of halogens is 1. The summed E-state index contributed by atoms with van der Waals surface area (Å²) in [5, 5.41) is 0. The van der Waals surface area contributed by atoms with Crippen molar-refractivity contribution < 1.29 is 4.79 Å². The molecular weight excluding hydrogens is 236 g/mol. The van der Waals surface area contributed by atoms with Crippen LogP contribution in [0.2, 0.25) is 0 Å². The highest BCUT2D eigenvalue weighted by atomic mass is 35.5. The fraction of sp³-hybridized carbons (Fsp3) is 0.462. The Bertz CT molecular complexity index is 395. The Morgan fingerprint density at radius 2 is 2.24 bits per heavy atom. The molecule has 3 nitrogen and oxygen atoms in total. The van der Waals surface area contributed by atoms with Gasteiger partial charge in [-0.05, 0) is 37.0 Å². The summed E-state index contributed by atoms with van der Waals surface area (Å²) >= 11 is 0. The van der Waals surface area contributed by atoms with Gasteiger partial charge in [0.15, 0.2) is 0 Å². The topological polar surface area (TPSA) is 46.3 Å². The first-order valence-electron chi connectivity index (χ1n) is 5.81. The van der Waals surface area contributed by atoms with Crippen molar-refractivity contribution >= 4 is 24.0 Å². The minimum absolute atomic E-state index is 0. The third-order valence-electron chi connectivity index (χ3n) is 3.08. The molecule has 1 amide bonds. The van der Waals surface area contributed by atoms with Crippen LogP contribution in [0.3, 0.4) is 0 Å². The summed E-state index contributed by atoms with van der Waals surface area (Å²) in [7, 11) is 0. The maximum absolute atomic E-state index is 12.2. The smallest absolute Gasteiger partial charge is 0.253 e. The SMILES string of the molecule is CC1CCCN(C(=O)c2cccc(N)c2)C1.Cl. The van der Waals surface area contributed by atoms with E-state index in [2.05, 4.69) is 6.92 Å². The minimum atomic E-state index is 0. The second-order valence-corrected chi connectivity index (χ2v) is 4.62. The quantitative estimate of drug-likeness (QED) is 0.783. The molecule has 1 heterocycles. The number of hydrogen-bond acceptors (Lipinski definition) is 2. The number of nitrogens with zero attached hydrogens (tertiary/aromatic N) is 1. The van der Waals surface area contributed by atoms with Gasteiger partial charge in [0.25, 0.3) is 5.91 Å². The number of carbonyl (C=O) groups excluding carboxylic acids is 1. The van der Waals surface area contributed by atoms with Crippen molar-refractivity contribution in [3.8, 4) is 0 Å². The van der Waals surface area contributed by atoms with Crippen LogP contribution in [0, 0.1) is 5.92 Å². The van der Waals surface area contributed by atoms with Crippen LogP contribution in [0.25, 0.3) is 0 Å². The Kier molecular flexibility index (Phi) is 4.82. The number of anilines is 1. The van der Waals surface area contributed by atoms with E-state index in [-0.39, 0.29) is 18.3 Å². The van der Waals surface area contributed by atoms with Crippen LogP contribution in [-0.2, 0) is 0 Å². The lowest BCUT2D eigenvalue weighted by molar-refractivity contribution is 0.0683. The lowest BCUT2D eigenvalue weighted by atomic mass is 9.99. The molecule has 94 valence electrons. The van der Waals surface area contributed by atoms with Crippen LogP contribution >= 0.6 is 12.4 Å². The van der Waals surface area contributed by atoms with Crippen molar-refractivity contribution in [2.24, 2.45) is 5.92 Å². The molecule has 1 fully saturated rings. The maximum Gasteiger partial charge on any atom is 0.253 e.